The van der Waals surface area contributed by atoms with Crippen molar-refractivity contribution in [1.82, 2.24) is 0 Å². The average Bonchev–Trinajstić information content (AvgIpc) is 2.23. The molecule has 0 aromatic heterocycles. The molecular formula is C13H27N. The second kappa shape index (κ2) is 8.05. The Morgan fingerprint density at radius 2 is 1.71 bits per heavy atom. The van der Waals surface area contributed by atoms with Gasteiger partial charge in [0.05, 0.1) is 0 Å². The molecule has 0 spiro atoms. The van der Waals surface area contributed by atoms with Gasteiger partial charge in [0, 0.05) is 0 Å². The number of hydrogen-bond acceptors (Lipinski definition) is 1. The minimum atomic E-state index is 0.660. The summed E-state index contributed by atoms with van der Waals surface area (Å²) in [4.78, 5) is 0. The first-order chi connectivity index (χ1) is 6.67. The van der Waals surface area contributed by atoms with E-state index in [4.69, 9.17) is 5.73 Å². The molecule has 14 heavy (non-hydrogen) atoms. The van der Waals surface area contributed by atoms with Gasteiger partial charge in [-0.3, -0.25) is 0 Å². The highest BCUT2D eigenvalue weighted by atomic mass is 14.5. The topological polar surface area (TPSA) is 26.0 Å². The van der Waals surface area contributed by atoms with Crippen molar-refractivity contribution in [2.75, 3.05) is 6.54 Å². The number of hydrogen-bond donors (Lipinski definition) is 1. The van der Waals surface area contributed by atoms with Crippen molar-refractivity contribution in [1.29, 1.82) is 0 Å². The molecule has 0 radical (unpaired) electrons. The molecule has 0 aliphatic carbocycles. The zero-order valence-corrected chi connectivity index (χ0v) is 10.2. The third kappa shape index (κ3) is 5.43. The first kappa shape index (κ1) is 13.7. The molecule has 0 saturated carbocycles. The molecule has 0 aliphatic rings. The van der Waals surface area contributed by atoms with E-state index in [1.165, 1.54) is 24.8 Å². The number of allylic oxidation sites excluding steroid dienone is 1. The largest absolute Gasteiger partial charge is 0.330 e. The quantitative estimate of drug-likeness (QED) is 0.589. The summed E-state index contributed by atoms with van der Waals surface area (Å²) in [6.45, 7) is 11.6. The lowest BCUT2D eigenvalue weighted by molar-refractivity contribution is 0.354. The third-order valence-electron chi connectivity index (χ3n) is 3.23. The van der Waals surface area contributed by atoms with E-state index >= 15 is 0 Å². The second-order valence-corrected chi connectivity index (χ2v) is 4.33. The van der Waals surface area contributed by atoms with Gasteiger partial charge >= 0.3 is 0 Å². The van der Waals surface area contributed by atoms with Crippen molar-refractivity contribution in [2.24, 2.45) is 17.6 Å². The van der Waals surface area contributed by atoms with Gasteiger partial charge in [-0.05, 0) is 37.6 Å². The molecule has 1 atom stereocenters. The van der Waals surface area contributed by atoms with E-state index < -0.39 is 0 Å². The monoisotopic (exact) mass is 197 g/mol. The Balaban J connectivity index is 3.94. The van der Waals surface area contributed by atoms with Crippen LogP contribution in [-0.2, 0) is 0 Å². The first-order valence-electron chi connectivity index (χ1n) is 6.04. The molecule has 0 aromatic carbocycles. The van der Waals surface area contributed by atoms with Crippen LogP contribution in [-0.4, -0.2) is 6.54 Å². The molecule has 0 fully saturated rings. The van der Waals surface area contributed by atoms with Crippen LogP contribution in [0.15, 0.2) is 12.2 Å². The fraction of sp³-hybridized carbons (Fsp3) is 0.846. The summed E-state index contributed by atoms with van der Waals surface area (Å²) < 4.78 is 0. The zero-order chi connectivity index (χ0) is 11.0. The molecule has 0 bridgehead atoms. The number of nitrogens with two attached hydrogens (primary N) is 1. The van der Waals surface area contributed by atoms with E-state index in [0.717, 1.165) is 25.3 Å². The maximum absolute atomic E-state index is 5.79. The molecule has 0 rings (SSSR count). The molecule has 0 aromatic rings. The summed E-state index contributed by atoms with van der Waals surface area (Å²) in [6.07, 6.45) is 6.07. The molecule has 1 unspecified atom stereocenters. The van der Waals surface area contributed by atoms with Gasteiger partial charge in [0.25, 0.3) is 0 Å². The lowest BCUT2D eigenvalue weighted by atomic mass is 9.86. The van der Waals surface area contributed by atoms with Crippen molar-refractivity contribution in [3.63, 3.8) is 0 Å². The molecule has 0 amide bonds. The fourth-order valence-corrected chi connectivity index (χ4v) is 1.91. The summed E-state index contributed by atoms with van der Waals surface area (Å²) >= 11 is 0. The molecule has 0 heterocycles. The maximum atomic E-state index is 5.79. The number of rotatable bonds is 8. The van der Waals surface area contributed by atoms with Crippen LogP contribution in [0.5, 0.6) is 0 Å². The Morgan fingerprint density at radius 3 is 2.07 bits per heavy atom. The van der Waals surface area contributed by atoms with Gasteiger partial charge in [-0.15, -0.1) is 0 Å². The van der Waals surface area contributed by atoms with E-state index in [1.54, 1.807) is 0 Å². The third-order valence-corrected chi connectivity index (χ3v) is 3.23. The fourth-order valence-electron chi connectivity index (χ4n) is 1.91. The van der Waals surface area contributed by atoms with E-state index in [9.17, 15) is 0 Å². The van der Waals surface area contributed by atoms with Gasteiger partial charge in [-0.1, -0.05) is 45.8 Å². The summed E-state index contributed by atoms with van der Waals surface area (Å²) in [5, 5.41) is 0. The van der Waals surface area contributed by atoms with Gasteiger partial charge in [0.2, 0.25) is 0 Å². The summed E-state index contributed by atoms with van der Waals surface area (Å²) in [5.41, 5.74) is 7.15. The minimum Gasteiger partial charge on any atom is -0.330 e. The molecule has 0 saturated heterocycles. The van der Waals surface area contributed by atoms with E-state index in [1.807, 2.05) is 0 Å². The average molecular weight is 197 g/mol. The van der Waals surface area contributed by atoms with Crippen LogP contribution in [0, 0.1) is 11.8 Å². The van der Waals surface area contributed by atoms with Gasteiger partial charge in [-0.25, -0.2) is 0 Å². The van der Waals surface area contributed by atoms with Crippen LogP contribution in [0.2, 0.25) is 0 Å². The van der Waals surface area contributed by atoms with Crippen LogP contribution in [0.4, 0.5) is 0 Å². The molecular weight excluding hydrogens is 170 g/mol. The maximum Gasteiger partial charge on any atom is -0.00457 e. The Bertz CT molecular complexity index is 147. The van der Waals surface area contributed by atoms with E-state index in [2.05, 4.69) is 27.4 Å². The normalized spacial score (nSPS) is 13.2. The van der Waals surface area contributed by atoms with Crippen LogP contribution >= 0.6 is 0 Å². The van der Waals surface area contributed by atoms with Crippen molar-refractivity contribution in [3.8, 4) is 0 Å². The lowest BCUT2D eigenvalue weighted by Crippen LogP contribution is -2.18. The van der Waals surface area contributed by atoms with Gasteiger partial charge in [0.15, 0.2) is 0 Å². The zero-order valence-electron chi connectivity index (χ0n) is 10.2. The molecule has 1 nitrogen and oxygen atoms in total. The Kier molecular flexibility index (Phi) is 7.87. The second-order valence-electron chi connectivity index (χ2n) is 4.33. The van der Waals surface area contributed by atoms with E-state index in [0.29, 0.717) is 5.92 Å². The van der Waals surface area contributed by atoms with Crippen molar-refractivity contribution >= 4 is 0 Å². The van der Waals surface area contributed by atoms with Gasteiger partial charge in [0.1, 0.15) is 0 Å². The van der Waals surface area contributed by atoms with Gasteiger partial charge in [-0.2, -0.15) is 0 Å². The predicted octanol–water partition coefficient (Wildman–Crippen LogP) is 3.74. The summed E-state index contributed by atoms with van der Waals surface area (Å²) in [5.74, 6) is 1.51. The molecule has 1 heteroatoms. The van der Waals surface area contributed by atoms with E-state index in [-0.39, 0.29) is 0 Å². The molecule has 2 N–H and O–H groups in total. The van der Waals surface area contributed by atoms with Crippen LogP contribution in [0.25, 0.3) is 0 Å². The first-order valence-corrected chi connectivity index (χ1v) is 6.04. The smallest absolute Gasteiger partial charge is 0.00457 e. The van der Waals surface area contributed by atoms with Crippen molar-refractivity contribution in [3.05, 3.63) is 12.2 Å². The summed E-state index contributed by atoms with van der Waals surface area (Å²) in [6, 6.07) is 0. The lowest BCUT2D eigenvalue weighted by Gasteiger charge is -2.21. The van der Waals surface area contributed by atoms with Crippen molar-refractivity contribution < 1.29 is 0 Å². The molecule has 84 valence electrons. The highest BCUT2D eigenvalue weighted by Gasteiger charge is 2.13. The Hall–Kier alpha value is -0.300. The molecule has 0 aliphatic heterocycles. The van der Waals surface area contributed by atoms with Crippen molar-refractivity contribution in [2.45, 2.75) is 52.9 Å². The SMILES string of the molecule is C=C(CC)CC(CN)CC(CC)CC. The Morgan fingerprint density at radius 1 is 1.14 bits per heavy atom. The highest BCUT2D eigenvalue weighted by Crippen LogP contribution is 2.23. The summed E-state index contributed by atoms with van der Waals surface area (Å²) in [7, 11) is 0. The Labute approximate surface area is 89.8 Å². The van der Waals surface area contributed by atoms with Crippen LogP contribution < -0.4 is 5.73 Å². The van der Waals surface area contributed by atoms with Crippen LogP contribution in [0.3, 0.4) is 0 Å². The van der Waals surface area contributed by atoms with Crippen LogP contribution in [0.1, 0.15) is 52.9 Å². The minimum absolute atomic E-state index is 0.660. The predicted molar refractivity (Wildman–Crippen MR) is 65.3 cm³/mol. The van der Waals surface area contributed by atoms with Gasteiger partial charge < -0.3 is 5.73 Å². The standard InChI is InChI=1S/C13H27N/c1-5-11(4)8-13(10-14)9-12(6-2)7-3/h12-13H,4-10,14H2,1-3H3. The highest BCUT2D eigenvalue weighted by molar-refractivity contribution is 4.94.